The molecule has 0 saturated heterocycles. The molecule has 0 atom stereocenters. The first kappa shape index (κ1) is 14.5. The average Bonchev–Trinajstić information content (AvgIpc) is 2.71. The lowest BCUT2D eigenvalue weighted by atomic mass is 10.2. The lowest BCUT2D eigenvalue weighted by Gasteiger charge is -2.17. The van der Waals surface area contributed by atoms with E-state index < -0.39 is 0 Å². The molecule has 1 aromatic heterocycles. The molecule has 1 rings (SSSR count). The van der Waals surface area contributed by atoms with Gasteiger partial charge in [-0.3, -0.25) is 4.90 Å². The zero-order valence-electron chi connectivity index (χ0n) is 11.3. The van der Waals surface area contributed by atoms with Crippen molar-refractivity contribution in [2.75, 3.05) is 33.8 Å². The fraction of sp³-hybridized carbons (Fsp3) is 0.692. The maximum absolute atomic E-state index is 5.31. The summed E-state index contributed by atoms with van der Waals surface area (Å²) in [5.74, 6) is 1.73. The Hall–Kier alpha value is -0.580. The standard InChI is InChI=1S/C13H24N2OS/c1-11(2)9-14-6-7-15(3)10-13-12(16-4)5-8-17-13/h5,8,11,14H,6-7,9-10H2,1-4H3. The third-order valence-corrected chi connectivity index (χ3v) is 3.45. The Morgan fingerprint density at radius 1 is 1.47 bits per heavy atom. The van der Waals surface area contributed by atoms with Gasteiger partial charge in [0, 0.05) is 19.6 Å². The molecule has 0 fully saturated rings. The molecular formula is C13H24N2OS. The Labute approximate surface area is 109 Å². The molecule has 0 spiro atoms. The second kappa shape index (κ2) is 7.69. The molecule has 3 nitrogen and oxygen atoms in total. The fourth-order valence-electron chi connectivity index (χ4n) is 1.61. The van der Waals surface area contributed by atoms with Gasteiger partial charge in [0.25, 0.3) is 0 Å². The van der Waals surface area contributed by atoms with Crippen LogP contribution in [0.2, 0.25) is 0 Å². The van der Waals surface area contributed by atoms with Crippen molar-refractivity contribution in [3.63, 3.8) is 0 Å². The van der Waals surface area contributed by atoms with Crippen molar-refractivity contribution < 1.29 is 4.74 Å². The number of hydrogen-bond acceptors (Lipinski definition) is 4. The first-order chi connectivity index (χ1) is 8.13. The number of nitrogens with zero attached hydrogens (tertiary/aromatic N) is 1. The molecule has 0 aliphatic heterocycles. The highest BCUT2D eigenvalue weighted by atomic mass is 32.1. The third kappa shape index (κ3) is 5.52. The van der Waals surface area contributed by atoms with E-state index in [4.69, 9.17) is 4.74 Å². The average molecular weight is 256 g/mol. The van der Waals surface area contributed by atoms with Crippen LogP contribution in [0.1, 0.15) is 18.7 Å². The number of nitrogens with one attached hydrogen (secondary N) is 1. The van der Waals surface area contributed by atoms with Crippen LogP contribution in [-0.2, 0) is 6.54 Å². The van der Waals surface area contributed by atoms with E-state index in [2.05, 4.69) is 36.5 Å². The van der Waals surface area contributed by atoms with E-state index >= 15 is 0 Å². The van der Waals surface area contributed by atoms with Gasteiger partial charge in [0.1, 0.15) is 5.75 Å². The summed E-state index contributed by atoms with van der Waals surface area (Å²) in [5.41, 5.74) is 0. The van der Waals surface area contributed by atoms with Crippen LogP contribution < -0.4 is 10.1 Å². The number of rotatable bonds is 8. The van der Waals surface area contributed by atoms with Crippen LogP contribution in [0, 0.1) is 5.92 Å². The first-order valence-electron chi connectivity index (χ1n) is 6.13. The van der Waals surface area contributed by atoms with E-state index in [1.165, 1.54) is 4.88 Å². The molecule has 0 aliphatic rings. The van der Waals surface area contributed by atoms with Gasteiger partial charge >= 0.3 is 0 Å². The number of thiophene rings is 1. The van der Waals surface area contributed by atoms with E-state index in [1.807, 2.05) is 6.07 Å². The Morgan fingerprint density at radius 3 is 2.88 bits per heavy atom. The molecule has 0 amide bonds. The summed E-state index contributed by atoms with van der Waals surface area (Å²) >= 11 is 1.76. The lowest BCUT2D eigenvalue weighted by Crippen LogP contribution is -2.30. The van der Waals surface area contributed by atoms with Gasteiger partial charge in [0.15, 0.2) is 0 Å². The van der Waals surface area contributed by atoms with Gasteiger partial charge in [-0.15, -0.1) is 11.3 Å². The smallest absolute Gasteiger partial charge is 0.134 e. The summed E-state index contributed by atoms with van der Waals surface area (Å²) in [4.78, 5) is 3.63. The largest absolute Gasteiger partial charge is 0.496 e. The van der Waals surface area contributed by atoms with Gasteiger partial charge < -0.3 is 10.1 Å². The minimum atomic E-state index is 0.720. The first-order valence-corrected chi connectivity index (χ1v) is 7.01. The molecule has 4 heteroatoms. The van der Waals surface area contributed by atoms with Crippen molar-refractivity contribution in [1.82, 2.24) is 10.2 Å². The minimum absolute atomic E-state index is 0.720. The van der Waals surface area contributed by atoms with Gasteiger partial charge in [-0.25, -0.2) is 0 Å². The second-order valence-corrected chi connectivity index (χ2v) is 5.75. The van der Waals surface area contributed by atoms with E-state index in [-0.39, 0.29) is 0 Å². The summed E-state index contributed by atoms with van der Waals surface area (Å²) in [5, 5.41) is 5.54. The van der Waals surface area contributed by atoms with Gasteiger partial charge in [0.05, 0.1) is 12.0 Å². The molecular weight excluding hydrogens is 232 g/mol. The predicted molar refractivity (Wildman–Crippen MR) is 74.9 cm³/mol. The van der Waals surface area contributed by atoms with Crippen LogP contribution in [0.3, 0.4) is 0 Å². The second-order valence-electron chi connectivity index (χ2n) is 4.75. The summed E-state index contributed by atoms with van der Waals surface area (Å²) in [6, 6.07) is 2.03. The zero-order valence-corrected chi connectivity index (χ0v) is 12.1. The van der Waals surface area contributed by atoms with E-state index in [1.54, 1.807) is 18.4 Å². The number of ether oxygens (including phenoxy) is 1. The predicted octanol–water partition coefficient (Wildman–Crippen LogP) is 2.43. The van der Waals surface area contributed by atoms with E-state index in [9.17, 15) is 0 Å². The van der Waals surface area contributed by atoms with Crippen molar-refractivity contribution in [3.05, 3.63) is 16.3 Å². The summed E-state index contributed by atoms with van der Waals surface area (Å²) in [6.45, 7) is 8.62. The van der Waals surface area contributed by atoms with Crippen molar-refractivity contribution in [1.29, 1.82) is 0 Å². The zero-order chi connectivity index (χ0) is 12.7. The van der Waals surface area contributed by atoms with Crippen LogP contribution >= 0.6 is 11.3 Å². The molecule has 0 aromatic carbocycles. The van der Waals surface area contributed by atoms with Gasteiger partial charge in [-0.1, -0.05) is 13.8 Å². The van der Waals surface area contributed by atoms with E-state index in [0.717, 1.165) is 37.8 Å². The molecule has 1 aromatic rings. The maximum atomic E-state index is 5.31. The third-order valence-electron chi connectivity index (χ3n) is 2.56. The van der Waals surface area contributed by atoms with Crippen LogP contribution in [0.5, 0.6) is 5.75 Å². The summed E-state index contributed by atoms with van der Waals surface area (Å²) in [7, 11) is 3.88. The molecule has 0 bridgehead atoms. The highest BCUT2D eigenvalue weighted by molar-refractivity contribution is 7.10. The topological polar surface area (TPSA) is 24.5 Å². The summed E-state index contributed by atoms with van der Waals surface area (Å²) < 4.78 is 5.31. The Kier molecular flexibility index (Phi) is 6.55. The highest BCUT2D eigenvalue weighted by Crippen LogP contribution is 2.25. The van der Waals surface area contributed by atoms with Gasteiger partial charge in [-0.05, 0) is 31.0 Å². The van der Waals surface area contributed by atoms with Gasteiger partial charge in [0.2, 0.25) is 0 Å². The molecule has 0 saturated carbocycles. The highest BCUT2D eigenvalue weighted by Gasteiger charge is 2.07. The number of methoxy groups -OCH3 is 1. The lowest BCUT2D eigenvalue weighted by molar-refractivity contribution is 0.317. The van der Waals surface area contributed by atoms with Crippen LogP contribution in [0.15, 0.2) is 11.4 Å². The van der Waals surface area contributed by atoms with E-state index in [0.29, 0.717) is 0 Å². The fourth-order valence-corrected chi connectivity index (χ4v) is 2.53. The molecule has 1 heterocycles. The molecule has 1 N–H and O–H groups in total. The molecule has 0 unspecified atom stereocenters. The van der Waals surface area contributed by atoms with Crippen LogP contribution in [0.25, 0.3) is 0 Å². The normalized spacial score (nSPS) is 11.4. The van der Waals surface area contributed by atoms with Crippen molar-refractivity contribution in [2.24, 2.45) is 5.92 Å². The van der Waals surface area contributed by atoms with Crippen molar-refractivity contribution in [3.8, 4) is 5.75 Å². The minimum Gasteiger partial charge on any atom is -0.496 e. The van der Waals surface area contributed by atoms with Crippen LogP contribution in [-0.4, -0.2) is 38.7 Å². The monoisotopic (exact) mass is 256 g/mol. The maximum Gasteiger partial charge on any atom is 0.134 e. The SMILES string of the molecule is COc1ccsc1CN(C)CCNCC(C)C. The Balaban J connectivity index is 2.23. The summed E-state index contributed by atoms with van der Waals surface area (Å²) in [6.07, 6.45) is 0. The van der Waals surface area contributed by atoms with Crippen molar-refractivity contribution >= 4 is 11.3 Å². The molecule has 0 radical (unpaired) electrons. The van der Waals surface area contributed by atoms with Crippen molar-refractivity contribution in [2.45, 2.75) is 20.4 Å². The molecule has 98 valence electrons. The molecule has 0 aliphatic carbocycles. The molecule has 17 heavy (non-hydrogen) atoms. The number of likely N-dealkylation sites (N-methyl/N-ethyl adjacent to an activating group) is 1. The Morgan fingerprint density at radius 2 is 2.24 bits per heavy atom. The quantitative estimate of drug-likeness (QED) is 0.723. The Bertz CT molecular complexity index is 312. The van der Waals surface area contributed by atoms with Crippen LogP contribution in [0.4, 0.5) is 0 Å². The van der Waals surface area contributed by atoms with Gasteiger partial charge in [-0.2, -0.15) is 0 Å². The number of hydrogen-bond donors (Lipinski definition) is 1.